The van der Waals surface area contributed by atoms with Gasteiger partial charge in [0.1, 0.15) is 11.6 Å². The largest absolute Gasteiger partial charge is 0.338 e. The normalized spacial score (nSPS) is 15.4. The molecule has 0 saturated carbocycles. The molecule has 1 aliphatic rings. The average Bonchev–Trinajstić information content (AvgIpc) is 2.91. The van der Waals surface area contributed by atoms with Crippen LogP contribution in [0.2, 0.25) is 0 Å². The van der Waals surface area contributed by atoms with E-state index >= 15 is 0 Å². The van der Waals surface area contributed by atoms with Crippen LogP contribution in [0, 0.1) is 5.82 Å². The van der Waals surface area contributed by atoms with E-state index in [0.717, 1.165) is 0 Å². The van der Waals surface area contributed by atoms with E-state index in [2.05, 4.69) is 19.9 Å². The summed E-state index contributed by atoms with van der Waals surface area (Å²) in [7, 11) is -3.77. The van der Waals surface area contributed by atoms with Crippen LogP contribution in [-0.2, 0) is 21.2 Å². The molecule has 3 heterocycles. The van der Waals surface area contributed by atoms with Gasteiger partial charge in [0.2, 0.25) is 22.4 Å². The van der Waals surface area contributed by atoms with Gasteiger partial charge in [0.05, 0.1) is 11.8 Å². The smallest absolute Gasteiger partial charge is 0.233 e. The maximum atomic E-state index is 14.0. The predicted octanol–water partition coefficient (Wildman–Crippen LogP) is 1.37. The highest BCUT2D eigenvalue weighted by Gasteiger charge is 2.32. The van der Waals surface area contributed by atoms with Crippen LogP contribution in [-0.4, -0.2) is 87.3 Å². The van der Waals surface area contributed by atoms with Gasteiger partial charge in [-0.15, -0.1) is 0 Å². The second-order valence-electron chi connectivity index (χ2n) is 8.26. The third-order valence-electron chi connectivity index (χ3n) is 5.94. The molecule has 1 atom stereocenters. The summed E-state index contributed by atoms with van der Waals surface area (Å²) in [4.78, 5) is 29.8. The first-order chi connectivity index (χ1) is 17.4. The zero-order valence-corrected chi connectivity index (χ0v) is 20.2. The number of aryl methyl sites for hydroxylation is 1. The second kappa shape index (κ2) is 11.5. The molecule has 1 N–H and O–H groups in total. The summed E-state index contributed by atoms with van der Waals surface area (Å²) in [5, 5.41) is 10.4. The van der Waals surface area contributed by atoms with E-state index in [-0.39, 0.29) is 31.7 Å². The standard InChI is InChI=1S/C23H26FN7O4S/c24-21-5-2-1-4-20(21)18-14-27-23(28-15-18)29-10-12-30(13-11-29)36(34,35)16-19(31(33)17-32)6-7-22-25-8-3-9-26-22/h1-5,8-9,14-15,17,19,33H,6-7,10-13,16H2. The van der Waals surface area contributed by atoms with Crippen LogP contribution < -0.4 is 4.90 Å². The lowest BCUT2D eigenvalue weighted by atomic mass is 10.1. The number of carbonyl (C=O) groups is 1. The van der Waals surface area contributed by atoms with Crippen molar-refractivity contribution < 1.29 is 22.8 Å². The van der Waals surface area contributed by atoms with E-state index in [9.17, 15) is 22.8 Å². The van der Waals surface area contributed by atoms with Gasteiger partial charge in [0.25, 0.3) is 0 Å². The summed E-state index contributed by atoms with van der Waals surface area (Å²) in [6.45, 7) is 1.11. The van der Waals surface area contributed by atoms with E-state index in [1.807, 2.05) is 4.90 Å². The van der Waals surface area contributed by atoms with Crippen molar-refractivity contribution in [1.82, 2.24) is 29.3 Å². The lowest BCUT2D eigenvalue weighted by Gasteiger charge is -2.35. The van der Waals surface area contributed by atoms with E-state index in [0.29, 0.717) is 47.5 Å². The molecule has 1 amide bonds. The fraction of sp³-hybridized carbons (Fsp3) is 0.348. The number of hydrogen-bond donors (Lipinski definition) is 1. The molecule has 36 heavy (non-hydrogen) atoms. The van der Waals surface area contributed by atoms with Gasteiger partial charge >= 0.3 is 0 Å². The highest BCUT2D eigenvalue weighted by Crippen LogP contribution is 2.23. The Morgan fingerprint density at radius 2 is 1.69 bits per heavy atom. The molecule has 0 aliphatic carbocycles. The first-order valence-electron chi connectivity index (χ1n) is 11.4. The Bertz CT molecular complexity index is 1260. The topological polar surface area (TPSA) is 133 Å². The third-order valence-corrected chi connectivity index (χ3v) is 7.90. The third kappa shape index (κ3) is 6.17. The first-order valence-corrected chi connectivity index (χ1v) is 13.0. The van der Waals surface area contributed by atoms with Gasteiger partial charge in [-0.3, -0.25) is 10.0 Å². The van der Waals surface area contributed by atoms with Gasteiger partial charge < -0.3 is 4.90 Å². The van der Waals surface area contributed by atoms with Crippen LogP contribution in [0.25, 0.3) is 11.1 Å². The van der Waals surface area contributed by atoms with Gasteiger partial charge in [-0.25, -0.2) is 37.8 Å². The van der Waals surface area contributed by atoms with Crippen molar-refractivity contribution in [3.63, 3.8) is 0 Å². The van der Waals surface area contributed by atoms with Gasteiger partial charge in [-0.1, -0.05) is 18.2 Å². The Hall–Kier alpha value is -3.55. The van der Waals surface area contributed by atoms with Crippen LogP contribution in [0.15, 0.2) is 55.1 Å². The van der Waals surface area contributed by atoms with E-state index < -0.39 is 21.8 Å². The molecule has 3 aromatic rings. The number of halogens is 1. The summed E-state index contributed by atoms with van der Waals surface area (Å²) in [5.41, 5.74) is 0.954. The number of hydrogen-bond acceptors (Lipinski definition) is 9. The first kappa shape index (κ1) is 25.5. The zero-order valence-electron chi connectivity index (χ0n) is 19.4. The molecule has 0 spiro atoms. The molecule has 1 unspecified atom stereocenters. The summed E-state index contributed by atoms with van der Waals surface area (Å²) < 4.78 is 41.5. The van der Waals surface area contributed by atoms with E-state index in [1.165, 1.54) is 10.4 Å². The van der Waals surface area contributed by atoms with Crippen molar-refractivity contribution in [1.29, 1.82) is 0 Å². The van der Waals surface area contributed by atoms with Crippen molar-refractivity contribution in [3.05, 3.63) is 66.8 Å². The van der Waals surface area contributed by atoms with Crippen LogP contribution in [0.4, 0.5) is 10.3 Å². The van der Waals surface area contributed by atoms with Crippen molar-refractivity contribution in [2.45, 2.75) is 18.9 Å². The van der Waals surface area contributed by atoms with Crippen molar-refractivity contribution in [2.24, 2.45) is 0 Å². The fourth-order valence-electron chi connectivity index (χ4n) is 3.97. The van der Waals surface area contributed by atoms with Crippen LogP contribution in [0.1, 0.15) is 12.2 Å². The highest BCUT2D eigenvalue weighted by atomic mass is 32.2. The molecule has 1 aromatic carbocycles. The molecule has 1 fully saturated rings. The molecule has 4 rings (SSSR count). The average molecular weight is 516 g/mol. The lowest BCUT2D eigenvalue weighted by molar-refractivity contribution is -0.158. The second-order valence-corrected chi connectivity index (χ2v) is 10.3. The maximum Gasteiger partial charge on any atom is 0.233 e. The number of nitrogens with zero attached hydrogens (tertiary/aromatic N) is 7. The van der Waals surface area contributed by atoms with Gasteiger partial charge in [0.15, 0.2) is 0 Å². The van der Waals surface area contributed by atoms with Crippen molar-refractivity contribution >= 4 is 22.4 Å². The number of hydroxylamine groups is 2. The molecule has 0 radical (unpaired) electrons. The number of carbonyl (C=O) groups excluding carboxylic acids is 1. The zero-order chi connectivity index (χ0) is 25.5. The maximum absolute atomic E-state index is 14.0. The molecule has 2 aromatic heterocycles. The quantitative estimate of drug-likeness (QED) is 0.241. The van der Waals surface area contributed by atoms with E-state index in [4.69, 9.17) is 0 Å². The Morgan fingerprint density at radius 1 is 1.03 bits per heavy atom. The number of aromatic nitrogens is 4. The fourth-order valence-corrected chi connectivity index (χ4v) is 5.70. The van der Waals surface area contributed by atoms with E-state index in [1.54, 1.807) is 49.1 Å². The predicted molar refractivity (Wildman–Crippen MR) is 129 cm³/mol. The molecule has 11 nitrogen and oxygen atoms in total. The van der Waals surface area contributed by atoms with Gasteiger partial charge in [-0.05, 0) is 18.6 Å². The minimum absolute atomic E-state index is 0.181. The van der Waals surface area contributed by atoms with Crippen LogP contribution >= 0.6 is 0 Å². The Balaban J connectivity index is 1.36. The number of sulfonamides is 1. The Labute approximate surface area is 208 Å². The molecule has 190 valence electrons. The number of piperazine rings is 1. The van der Waals surface area contributed by atoms with Gasteiger partial charge in [0, 0.05) is 68.5 Å². The number of benzene rings is 1. The Morgan fingerprint density at radius 3 is 2.33 bits per heavy atom. The summed E-state index contributed by atoms with van der Waals surface area (Å²) in [6.07, 6.45) is 6.91. The van der Waals surface area contributed by atoms with Crippen molar-refractivity contribution in [3.8, 4) is 11.1 Å². The molecule has 13 heteroatoms. The Kier molecular flexibility index (Phi) is 8.13. The highest BCUT2D eigenvalue weighted by molar-refractivity contribution is 7.89. The minimum atomic E-state index is -3.77. The summed E-state index contributed by atoms with van der Waals surface area (Å²) in [5.74, 6) is 0.130. The number of anilines is 1. The van der Waals surface area contributed by atoms with Gasteiger partial charge in [-0.2, -0.15) is 4.31 Å². The lowest BCUT2D eigenvalue weighted by Crippen LogP contribution is -2.51. The number of amides is 1. The molecule has 0 bridgehead atoms. The molecule has 1 saturated heterocycles. The molecular weight excluding hydrogens is 489 g/mol. The monoisotopic (exact) mass is 515 g/mol. The SMILES string of the molecule is O=CN(O)C(CCc1ncccn1)CS(=O)(=O)N1CCN(c2ncc(-c3ccccc3F)cn2)CC1. The summed E-state index contributed by atoms with van der Waals surface area (Å²) >= 11 is 0. The molecular formula is C23H26FN7O4S. The van der Waals surface area contributed by atoms with Crippen molar-refractivity contribution in [2.75, 3.05) is 36.8 Å². The summed E-state index contributed by atoms with van der Waals surface area (Å²) in [6, 6.07) is 7.08. The van der Waals surface area contributed by atoms with Crippen LogP contribution in [0.3, 0.4) is 0 Å². The minimum Gasteiger partial charge on any atom is -0.338 e. The van der Waals surface area contributed by atoms with Crippen LogP contribution in [0.5, 0.6) is 0 Å². The molecule has 1 aliphatic heterocycles. The number of rotatable bonds is 10.